The van der Waals surface area contributed by atoms with E-state index >= 15 is 0 Å². The fourth-order valence-corrected chi connectivity index (χ4v) is 0.687. The lowest BCUT2D eigenvalue weighted by molar-refractivity contribution is 0.320. The largest absolute Gasteiger partial charge is 0.411 e. The first-order valence-corrected chi connectivity index (χ1v) is 4.56. The zero-order valence-corrected chi connectivity index (χ0v) is 7.31. The Labute approximate surface area is 63.6 Å². The summed E-state index contributed by atoms with van der Waals surface area (Å²) in [6.45, 7) is 3.73. The van der Waals surface area contributed by atoms with Crippen molar-refractivity contribution in [1.82, 2.24) is 0 Å². The van der Waals surface area contributed by atoms with Crippen LogP contribution in [0.5, 0.6) is 0 Å². The monoisotopic (exact) mass is 163 g/mol. The Morgan fingerprint density at radius 1 is 1.70 bits per heavy atom. The molecule has 0 aromatic rings. The van der Waals surface area contributed by atoms with Crippen molar-refractivity contribution >= 4 is 17.0 Å². The van der Waals surface area contributed by atoms with Gasteiger partial charge in [0.15, 0.2) is 0 Å². The second-order valence-electron chi connectivity index (χ2n) is 2.72. The zero-order valence-electron chi connectivity index (χ0n) is 6.50. The number of hydrogen-bond acceptors (Lipinski definition) is 3. The van der Waals surface area contributed by atoms with Gasteiger partial charge in [0.05, 0.1) is 0 Å². The second-order valence-corrected chi connectivity index (χ2v) is 4.73. The molecule has 0 spiro atoms. The van der Waals surface area contributed by atoms with E-state index in [2.05, 4.69) is 5.16 Å². The van der Waals surface area contributed by atoms with Gasteiger partial charge >= 0.3 is 0 Å². The first-order valence-electron chi connectivity index (χ1n) is 3.00. The minimum absolute atomic E-state index is 0.285. The van der Waals surface area contributed by atoms with Gasteiger partial charge in [0.2, 0.25) is 0 Å². The van der Waals surface area contributed by atoms with Crippen molar-refractivity contribution in [3.63, 3.8) is 0 Å². The van der Waals surface area contributed by atoms with Gasteiger partial charge in [-0.3, -0.25) is 4.21 Å². The van der Waals surface area contributed by atoms with Gasteiger partial charge in [-0.15, -0.1) is 5.16 Å². The SMILES string of the molecule is CS(=O)C(C)(C)CC=NO. The average Bonchev–Trinajstić information content (AvgIpc) is 1.84. The molecule has 0 fully saturated rings. The van der Waals surface area contributed by atoms with Crippen LogP contribution in [-0.2, 0) is 10.8 Å². The summed E-state index contributed by atoms with van der Waals surface area (Å²) in [6.07, 6.45) is 3.54. The minimum atomic E-state index is -0.880. The maximum absolute atomic E-state index is 10.9. The van der Waals surface area contributed by atoms with E-state index in [1.807, 2.05) is 13.8 Å². The topological polar surface area (TPSA) is 49.7 Å². The molecule has 0 aliphatic rings. The summed E-state index contributed by atoms with van der Waals surface area (Å²) < 4.78 is 10.7. The molecule has 3 nitrogen and oxygen atoms in total. The van der Waals surface area contributed by atoms with Crippen LogP contribution in [-0.4, -0.2) is 26.6 Å². The molecule has 1 unspecified atom stereocenters. The number of nitrogens with zero attached hydrogens (tertiary/aromatic N) is 1. The van der Waals surface area contributed by atoms with E-state index in [4.69, 9.17) is 5.21 Å². The number of oxime groups is 1. The Morgan fingerprint density at radius 3 is 2.50 bits per heavy atom. The highest BCUT2D eigenvalue weighted by atomic mass is 32.2. The van der Waals surface area contributed by atoms with E-state index in [1.165, 1.54) is 6.21 Å². The third-order valence-corrected chi connectivity index (χ3v) is 3.17. The Kier molecular flexibility index (Phi) is 3.57. The molecule has 0 amide bonds. The molecule has 60 valence electrons. The van der Waals surface area contributed by atoms with Gasteiger partial charge in [0.1, 0.15) is 0 Å². The fraction of sp³-hybridized carbons (Fsp3) is 0.833. The van der Waals surface area contributed by atoms with Crippen molar-refractivity contribution in [2.75, 3.05) is 6.26 Å². The molecule has 0 saturated carbocycles. The predicted octanol–water partition coefficient (Wildman–Crippen LogP) is 0.994. The van der Waals surface area contributed by atoms with Crippen LogP contribution in [0.4, 0.5) is 0 Å². The van der Waals surface area contributed by atoms with E-state index in [-0.39, 0.29) is 4.75 Å². The van der Waals surface area contributed by atoms with Crippen LogP contribution < -0.4 is 0 Å². The Hall–Kier alpha value is -0.380. The predicted molar refractivity (Wildman–Crippen MR) is 43.0 cm³/mol. The Morgan fingerprint density at radius 2 is 2.20 bits per heavy atom. The lowest BCUT2D eigenvalue weighted by Gasteiger charge is -2.17. The maximum atomic E-state index is 10.9. The molecular formula is C6H13NO2S. The summed E-state index contributed by atoms with van der Waals surface area (Å²) in [5.41, 5.74) is 0. The molecule has 0 rings (SSSR count). The van der Waals surface area contributed by atoms with E-state index < -0.39 is 10.8 Å². The van der Waals surface area contributed by atoms with Crippen molar-refractivity contribution in [2.24, 2.45) is 5.16 Å². The van der Waals surface area contributed by atoms with Crippen LogP contribution in [0, 0.1) is 0 Å². The molecule has 0 aliphatic heterocycles. The van der Waals surface area contributed by atoms with Crippen molar-refractivity contribution in [3.8, 4) is 0 Å². The third-order valence-electron chi connectivity index (χ3n) is 1.44. The van der Waals surface area contributed by atoms with Gasteiger partial charge in [0, 0.05) is 34.4 Å². The van der Waals surface area contributed by atoms with E-state index in [0.717, 1.165) is 0 Å². The molecule has 4 heteroatoms. The van der Waals surface area contributed by atoms with Gasteiger partial charge in [0.25, 0.3) is 0 Å². The normalized spacial score (nSPS) is 15.9. The standard InChI is InChI=1S/C6H13NO2S/c1-6(2,10(3)9)4-5-7-8/h5,8H,4H2,1-3H3. The van der Waals surface area contributed by atoms with Gasteiger partial charge in [-0.2, -0.15) is 0 Å². The molecule has 10 heavy (non-hydrogen) atoms. The van der Waals surface area contributed by atoms with Gasteiger partial charge in [-0.25, -0.2) is 0 Å². The Balaban J connectivity index is 3.99. The van der Waals surface area contributed by atoms with Crippen LogP contribution in [0.15, 0.2) is 5.16 Å². The van der Waals surface area contributed by atoms with E-state index in [9.17, 15) is 4.21 Å². The molecule has 0 aromatic carbocycles. The molecule has 0 aromatic heterocycles. The average molecular weight is 163 g/mol. The zero-order chi connectivity index (χ0) is 8.20. The summed E-state index contributed by atoms with van der Waals surface area (Å²) in [4.78, 5) is 0. The first kappa shape index (κ1) is 9.62. The number of rotatable bonds is 3. The van der Waals surface area contributed by atoms with Crippen LogP contribution in [0.25, 0.3) is 0 Å². The van der Waals surface area contributed by atoms with Crippen molar-refractivity contribution in [2.45, 2.75) is 25.0 Å². The highest BCUT2D eigenvalue weighted by Crippen LogP contribution is 2.13. The summed E-state index contributed by atoms with van der Waals surface area (Å²) >= 11 is 0. The van der Waals surface area contributed by atoms with E-state index in [0.29, 0.717) is 6.42 Å². The highest BCUT2D eigenvalue weighted by molar-refractivity contribution is 7.85. The Bertz CT molecular complexity index is 154. The van der Waals surface area contributed by atoms with Crippen LogP contribution in [0.1, 0.15) is 20.3 Å². The van der Waals surface area contributed by atoms with Crippen LogP contribution in [0.3, 0.4) is 0 Å². The fourth-order valence-electron chi connectivity index (χ4n) is 0.378. The quantitative estimate of drug-likeness (QED) is 0.383. The summed E-state index contributed by atoms with van der Waals surface area (Å²) in [7, 11) is -0.880. The van der Waals surface area contributed by atoms with Gasteiger partial charge < -0.3 is 5.21 Å². The maximum Gasteiger partial charge on any atom is 0.0450 e. The molecule has 0 bridgehead atoms. The summed E-state index contributed by atoms with van der Waals surface area (Å²) in [5.74, 6) is 0. The van der Waals surface area contributed by atoms with Crippen molar-refractivity contribution in [1.29, 1.82) is 0 Å². The first-order chi connectivity index (χ1) is 4.50. The number of hydrogen-bond donors (Lipinski definition) is 1. The highest BCUT2D eigenvalue weighted by Gasteiger charge is 2.20. The van der Waals surface area contributed by atoms with Crippen LogP contribution >= 0.6 is 0 Å². The molecule has 1 N–H and O–H groups in total. The lowest BCUT2D eigenvalue weighted by Crippen LogP contribution is -2.25. The lowest BCUT2D eigenvalue weighted by atomic mass is 10.1. The minimum Gasteiger partial charge on any atom is -0.411 e. The molecule has 0 heterocycles. The van der Waals surface area contributed by atoms with Gasteiger partial charge in [-0.1, -0.05) is 0 Å². The van der Waals surface area contributed by atoms with Crippen LogP contribution in [0.2, 0.25) is 0 Å². The second kappa shape index (κ2) is 3.71. The molecular weight excluding hydrogens is 150 g/mol. The molecule has 0 saturated heterocycles. The summed E-state index contributed by atoms with van der Waals surface area (Å²) in [6, 6.07) is 0. The molecule has 0 aliphatic carbocycles. The van der Waals surface area contributed by atoms with Crippen molar-refractivity contribution in [3.05, 3.63) is 0 Å². The molecule has 0 radical (unpaired) electrons. The summed E-state index contributed by atoms with van der Waals surface area (Å²) in [5, 5.41) is 10.9. The molecule has 1 atom stereocenters. The van der Waals surface area contributed by atoms with Gasteiger partial charge in [-0.05, 0) is 13.8 Å². The van der Waals surface area contributed by atoms with E-state index in [1.54, 1.807) is 6.26 Å². The van der Waals surface area contributed by atoms with Crippen molar-refractivity contribution < 1.29 is 9.42 Å². The smallest absolute Gasteiger partial charge is 0.0450 e. The third kappa shape index (κ3) is 2.96.